The van der Waals surface area contributed by atoms with Crippen molar-refractivity contribution in [1.82, 2.24) is 10.2 Å². The van der Waals surface area contributed by atoms with Gasteiger partial charge in [-0.3, -0.25) is 14.4 Å². The Bertz CT molecular complexity index is 607. The molecule has 1 fully saturated rings. The zero-order chi connectivity index (χ0) is 17.5. The number of carbonyl (C=O) groups is 3. The zero-order valence-corrected chi connectivity index (χ0v) is 14.2. The molecule has 130 valence electrons. The monoisotopic (exact) mass is 332 g/mol. The molecular weight excluding hydrogens is 308 g/mol. The first-order valence-electron chi connectivity index (χ1n) is 8.36. The van der Waals surface area contributed by atoms with Gasteiger partial charge in [-0.15, -0.1) is 0 Å². The van der Waals surface area contributed by atoms with Crippen LogP contribution in [0.2, 0.25) is 0 Å². The van der Waals surface area contributed by atoms with Crippen LogP contribution in [0.4, 0.5) is 0 Å². The van der Waals surface area contributed by atoms with Gasteiger partial charge in [-0.05, 0) is 37.5 Å². The van der Waals surface area contributed by atoms with E-state index in [1.807, 2.05) is 11.8 Å². The molecule has 6 nitrogen and oxygen atoms in total. The Morgan fingerprint density at radius 2 is 1.96 bits per heavy atom. The lowest BCUT2D eigenvalue weighted by atomic mass is 10.0. The average Bonchev–Trinajstić information content (AvgIpc) is 2.55. The molecule has 24 heavy (non-hydrogen) atoms. The Labute approximate surface area is 142 Å². The SMILES string of the molecule is CCCC(=O)N1CCC(NC(=O)c2cccc(OC(C)=O)c2)CC1. The molecule has 2 amide bonds. The van der Waals surface area contributed by atoms with Crippen molar-refractivity contribution in [2.24, 2.45) is 0 Å². The standard InChI is InChI=1S/C18H24N2O4/c1-3-5-17(22)20-10-8-15(9-11-20)19-18(23)14-6-4-7-16(12-14)24-13(2)21/h4,6-7,12,15H,3,5,8-11H2,1-2H3,(H,19,23). The van der Waals surface area contributed by atoms with Crippen LogP contribution in [0.15, 0.2) is 24.3 Å². The van der Waals surface area contributed by atoms with Crippen LogP contribution in [0.3, 0.4) is 0 Å². The van der Waals surface area contributed by atoms with E-state index >= 15 is 0 Å². The minimum atomic E-state index is -0.420. The molecule has 1 aliphatic rings. The predicted octanol–water partition coefficient (Wildman–Crippen LogP) is 2.13. The fourth-order valence-electron chi connectivity index (χ4n) is 2.78. The Morgan fingerprint density at radius 3 is 2.58 bits per heavy atom. The predicted molar refractivity (Wildman–Crippen MR) is 89.7 cm³/mol. The van der Waals surface area contributed by atoms with Gasteiger partial charge in [-0.2, -0.15) is 0 Å². The van der Waals surface area contributed by atoms with Gasteiger partial charge < -0.3 is 15.0 Å². The molecule has 2 rings (SSSR count). The number of benzene rings is 1. The second kappa shape index (κ2) is 8.47. The summed E-state index contributed by atoms with van der Waals surface area (Å²) in [6.07, 6.45) is 2.95. The van der Waals surface area contributed by atoms with Gasteiger partial charge in [0, 0.05) is 38.0 Å². The van der Waals surface area contributed by atoms with Crippen LogP contribution >= 0.6 is 0 Å². The molecule has 0 unspecified atom stereocenters. The third-order valence-corrected chi connectivity index (χ3v) is 4.00. The van der Waals surface area contributed by atoms with Crippen LogP contribution in [-0.2, 0) is 9.59 Å². The molecule has 0 saturated carbocycles. The fourth-order valence-corrected chi connectivity index (χ4v) is 2.78. The van der Waals surface area contributed by atoms with Gasteiger partial charge in [0.05, 0.1) is 0 Å². The van der Waals surface area contributed by atoms with Crippen molar-refractivity contribution in [2.75, 3.05) is 13.1 Å². The minimum absolute atomic E-state index is 0.0561. The van der Waals surface area contributed by atoms with E-state index < -0.39 is 5.97 Å². The number of piperidine rings is 1. The van der Waals surface area contributed by atoms with Crippen molar-refractivity contribution in [3.63, 3.8) is 0 Å². The lowest BCUT2D eigenvalue weighted by molar-refractivity contribution is -0.133. The number of hydrogen-bond acceptors (Lipinski definition) is 4. The van der Waals surface area contributed by atoms with Crippen LogP contribution in [0.25, 0.3) is 0 Å². The smallest absolute Gasteiger partial charge is 0.308 e. The Morgan fingerprint density at radius 1 is 1.25 bits per heavy atom. The van der Waals surface area contributed by atoms with E-state index in [4.69, 9.17) is 4.74 Å². The number of hydrogen-bond donors (Lipinski definition) is 1. The van der Waals surface area contributed by atoms with Crippen molar-refractivity contribution in [3.05, 3.63) is 29.8 Å². The number of amides is 2. The largest absolute Gasteiger partial charge is 0.427 e. The van der Waals surface area contributed by atoms with Gasteiger partial charge in [0.2, 0.25) is 5.91 Å². The molecule has 1 saturated heterocycles. The first-order valence-corrected chi connectivity index (χ1v) is 8.36. The maximum absolute atomic E-state index is 12.3. The Kier molecular flexibility index (Phi) is 6.35. The first kappa shape index (κ1) is 18.0. The summed E-state index contributed by atoms with van der Waals surface area (Å²) < 4.78 is 5.00. The van der Waals surface area contributed by atoms with E-state index in [0.717, 1.165) is 19.3 Å². The lowest BCUT2D eigenvalue weighted by Crippen LogP contribution is -2.46. The molecule has 6 heteroatoms. The van der Waals surface area contributed by atoms with Gasteiger partial charge in [0.1, 0.15) is 5.75 Å². The second-order valence-corrected chi connectivity index (χ2v) is 6.00. The van der Waals surface area contributed by atoms with E-state index in [1.54, 1.807) is 24.3 Å². The quantitative estimate of drug-likeness (QED) is 0.662. The molecule has 0 bridgehead atoms. The van der Waals surface area contributed by atoms with Crippen LogP contribution in [0, 0.1) is 0 Å². The highest BCUT2D eigenvalue weighted by molar-refractivity contribution is 5.95. The number of esters is 1. The van der Waals surface area contributed by atoms with Crippen LogP contribution in [0.1, 0.15) is 49.9 Å². The van der Waals surface area contributed by atoms with Gasteiger partial charge in [0.25, 0.3) is 5.91 Å². The number of carbonyl (C=O) groups excluding carboxylic acids is 3. The third kappa shape index (κ3) is 5.08. The van der Waals surface area contributed by atoms with E-state index in [9.17, 15) is 14.4 Å². The highest BCUT2D eigenvalue weighted by Gasteiger charge is 2.23. The number of nitrogens with one attached hydrogen (secondary N) is 1. The summed E-state index contributed by atoms with van der Waals surface area (Å²) in [7, 11) is 0. The maximum Gasteiger partial charge on any atom is 0.308 e. The van der Waals surface area contributed by atoms with Gasteiger partial charge in [-0.1, -0.05) is 13.0 Å². The van der Waals surface area contributed by atoms with Crippen molar-refractivity contribution >= 4 is 17.8 Å². The molecule has 0 aromatic heterocycles. The summed E-state index contributed by atoms with van der Waals surface area (Å²) in [5.74, 6) is -0.0643. The Balaban J connectivity index is 1.87. The summed E-state index contributed by atoms with van der Waals surface area (Å²) in [5.41, 5.74) is 0.457. The van der Waals surface area contributed by atoms with Crippen LogP contribution in [-0.4, -0.2) is 41.8 Å². The van der Waals surface area contributed by atoms with Gasteiger partial charge in [0.15, 0.2) is 0 Å². The van der Waals surface area contributed by atoms with Gasteiger partial charge >= 0.3 is 5.97 Å². The molecule has 0 radical (unpaired) electrons. The second-order valence-electron chi connectivity index (χ2n) is 6.00. The molecule has 0 aliphatic carbocycles. The van der Waals surface area contributed by atoms with Crippen molar-refractivity contribution < 1.29 is 19.1 Å². The van der Waals surface area contributed by atoms with Crippen molar-refractivity contribution in [2.45, 2.75) is 45.6 Å². The summed E-state index contributed by atoms with van der Waals surface area (Å²) in [6.45, 7) is 4.67. The molecule has 1 aromatic carbocycles. The van der Waals surface area contributed by atoms with E-state index in [2.05, 4.69) is 5.32 Å². The highest BCUT2D eigenvalue weighted by atomic mass is 16.5. The summed E-state index contributed by atoms with van der Waals surface area (Å²) in [5, 5.41) is 2.99. The molecule has 1 N–H and O–H groups in total. The van der Waals surface area contributed by atoms with E-state index in [0.29, 0.717) is 30.8 Å². The Hall–Kier alpha value is -2.37. The summed E-state index contributed by atoms with van der Waals surface area (Å²) in [6, 6.07) is 6.61. The maximum atomic E-state index is 12.3. The third-order valence-electron chi connectivity index (χ3n) is 4.00. The van der Waals surface area contributed by atoms with Gasteiger partial charge in [-0.25, -0.2) is 0 Å². The molecule has 0 spiro atoms. The highest BCUT2D eigenvalue weighted by Crippen LogP contribution is 2.16. The summed E-state index contributed by atoms with van der Waals surface area (Å²) in [4.78, 5) is 37.1. The molecule has 1 aromatic rings. The minimum Gasteiger partial charge on any atom is -0.427 e. The number of nitrogens with zero attached hydrogens (tertiary/aromatic N) is 1. The number of rotatable bonds is 5. The van der Waals surface area contributed by atoms with E-state index in [-0.39, 0.29) is 17.9 Å². The molecule has 0 atom stereocenters. The fraction of sp³-hybridized carbons (Fsp3) is 0.500. The van der Waals surface area contributed by atoms with Crippen LogP contribution < -0.4 is 10.1 Å². The topological polar surface area (TPSA) is 75.7 Å². The average molecular weight is 332 g/mol. The molecular formula is C18H24N2O4. The summed E-state index contributed by atoms with van der Waals surface area (Å²) >= 11 is 0. The zero-order valence-electron chi connectivity index (χ0n) is 14.2. The number of ether oxygens (including phenoxy) is 1. The molecule has 1 aliphatic heterocycles. The van der Waals surface area contributed by atoms with Crippen LogP contribution in [0.5, 0.6) is 5.75 Å². The lowest BCUT2D eigenvalue weighted by Gasteiger charge is -2.32. The normalized spacial score (nSPS) is 15.0. The first-order chi connectivity index (χ1) is 11.5. The van der Waals surface area contributed by atoms with E-state index in [1.165, 1.54) is 6.92 Å². The number of likely N-dealkylation sites (tertiary alicyclic amines) is 1. The van der Waals surface area contributed by atoms with Crippen molar-refractivity contribution in [3.8, 4) is 5.75 Å². The molecule has 1 heterocycles. The van der Waals surface area contributed by atoms with Crippen molar-refractivity contribution in [1.29, 1.82) is 0 Å².